The number of anilines is 1. The van der Waals surface area contributed by atoms with Gasteiger partial charge in [-0.25, -0.2) is 18.4 Å². The number of pyridine rings is 1. The summed E-state index contributed by atoms with van der Waals surface area (Å²) in [6.45, 7) is 0. The number of aromatic nitrogens is 5. The maximum Gasteiger partial charge on any atom is 0.261 e. The van der Waals surface area contributed by atoms with Crippen LogP contribution < -0.4 is 4.72 Å². The van der Waals surface area contributed by atoms with Crippen molar-refractivity contribution in [1.29, 1.82) is 0 Å². The van der Waals surface area contributed by atoms with Crippen molar-refractivity contribution in [2.45, 2.75) is 4.90 Å². The molecule has 2 aromatic carbocycles. The zero-order valence-corrected chi connectivity index (χ0v) is 17.9. The first kappa shape index (κ1) is 19.8. The van der Waals surface area contributed by atoms with Crippen molar-refractivity contribution in [1.82, 2.24) is 24.5 Å². The minimum Gasteiger partial charge on any atom is -0.332 e. The second-order valence-electron chi connectivity index (χ2n) is 7.23. The lowest BCUT2D eigenvalue weighted by Gasteiger charge is -2.10. The van der Waals surface area contributed by atoms with Gasteiger partial charge >= 0.3 is 0 Å². The third kappa shape index (κ3) is 3.81. The van der Waals surface area contributed by atoms with E-state index in [0.29, 0.717) is 5.69 Å². The van der Waals surface area contributed by atoms with E-state index < -0.39 is 10.0 Å². The number of hydrogen-bond acceptors (Lipinski definition) is 6. The average molecular weight is 443 g/mol. The predicted octanol–water partition coefficient (Wildman–Crippen LogP) is 3.89. The van der Waals surface area contributed by atoms with E-state index in [1.54, 1.807) is 61.3 Å². The third-order valence-electron chi connectivity index (χ3n) is 5.00. The Balaban J connectivity index is 1.49. The summed E-state index contributed by atoms with van der Waals surface area (Å²) in [4.78, 5) is 17.8. The SMILES string of the molecule is Cn1cncc1-c1cnc2ccc(-c3cncc(NS(=O)(=O)c4ccccc4)c3)cc2n1. The Morgan fingerprint density at radius 1 is 0.844 bits per heavy atom. The maximum absolute atomic E-state index is 12.6. The molecule has 158 valence electrons. The van der Waals surface area contributed by atoms with Crippen molar-refractivity contribution in [3.63, 3.8) is 0 Å². The van der Waals surface area contributed by atoms with Crippen LogP contribution in [0.2, 0.25) is 0 Å². The molecular formula is C23H18N6O2S. The van der Waals surface area contributed by atoms with Gasteiger partial charge in [-0.2, -0.15) is 0 Å². The highest BCUT2D eigenvalue weighted by Crippen LogP contribution is 2.26. The second-order valence-corrected chi connectivity index (χ2v) is 8.91. The van der Waals surface area contributed by atoms with E-state index in [9.17, 15) is 8.42 Å². The predicted molar refractivity (Wildman–Crippen MR) is 122 cm³/mol. The van der Waals surface area contributed by atoms with Gasteiger partial charge in [0.15, 0.2) is 0 Å². The molecule has 3 heterocycles. The zero-order chi connectivity index (χ0) is 22.1. The fourth-order valence-corrected chi connectivity index (χ4v) is 4.44. The number of nitrogens with one attached hydrogen (secondary N) is 1. The molecule has 0 aliphatic rings. The van der Waals surface area contributed by atoms with E-state index in [0.717, 1.165) is 33.5 Å². The number of imidazole rings is 1. The summed E-state index contributed by atoms with van der Waals surface area (Å²) < 4.78 is 29.7. The number of fused-ring (bicyclic) bond motifs is 1. The molecule has 5 aromatic rings. The van der Waals surface area contributed by atoms with E-state index in [1.165, 1.54) is 6.20 Å². The number of aryl methyl sites for hydroxylation is 1. The van der Waals surface area contributed by atoms with E-state index in [1.807, 2.05) is 29.8 Å². The Hall–Kier alpha value is -4.11. The van der Waals surface area contributed by atoms with Crippen molar-refractivity contribution in [3.8, 4) is 22.5 Å². The normalized spacial score (nSPS) is 11.5. The molecule has 0 radical (unpaired) electrons. The average Bonchev–Trinajstić information content (AvgIpc) is 3.24. The molecule has 8 nitrogen and oxygen atoms in total. The molecular weight excluding hydrogens is 424 g/mol. The molecule has 0 bridgehead atoms. The van der Waals surface area contributed by atoms with Crippen molar-refractivity contribution in [2.75, 3.05) is 4.72 Å². The Labute approximate surface area is 184 Å². The summed E-state index contributed by atoms with van der Waals surface area (Å²) in [5.74, 6) is 0. The van der Waals surface area contributed by atoms with E-state index in [2.05, 4.69) is 19.7 Å². The largest absolute Gasteiger partial charge is 0.332 e. The van der Waals surface area contributed by atoms with Crippen LogP contribution in [-0.4, -0.2) is 32.9 Å². The molecule has 1 N–H and O–H groups in total. The number of rotatable bonds is 5. The lowest BCUT2D eigenvalue weighted by molar-refractivity contribution is 0.601. The Morgan fingerprint density at radius 2 is 1.69 bits per heavy atom. The van der Waals surface area contributed by atoms with Gasteiger partial charge in [0.2, 0.25) is 0 Å². The van der Waals surface area contributed by atoms with Crippen LogP contribution in [0.4, 0.5) is 5.69 Å². The van der Waals surface area contributed by atoms with Crippen LogP contribution in [0, 0.1) is 0 Å². The van der Waals surface area contributed by atoms with Gasteiger partial charge in [-0.05, 0) is 35.9 Å². The minimum absolute atomic E-state index is 0.189. The summed E-state index contributed by atoms with van der Waals surface area (Å²) in [5.41, 5.74) is 5.04. The van der Waals surface area contributed by atoms with Gasteiger partial charge in [-0.15, -0.1) is 0 Å². The Bertz CT molecular complexity index is 1530. The fraction of sp³-hybridized carbons (Fsp3) is 0.0435. The number of nitrogens with zero attached hydrogens (tertiary/aromatic N) is 5. The lowest BCUT2D eigenvalue weighted by Crippen LogP contribution is -2.12. The highest BCUT2D eigenvalue weighted by atomic mass is 32.2. The number of hydrogen-bond donors (Lipinski definition) is 1. The van der Waals surface area contributed by atoms with Crippen molar-refractivity contribution >= 4 is 26.7 Å². The first-order chi connectivity index (χ1) is 15.5. The fourth-order valence-electron chi connectivity index (χ4n) is 3.39. The topological polar surface area (TPSA) is 103 Å². The summed E-state index contributed by atoms with van der Waals surface area (Å²) in [7, 11) is -1.80. The van der Waals surface area contributed by atoms with Gasteiger partial charge in [-0.3, -0.25) is 14.7 Å². The van der Waals surface area contributed by atoms with Crippen LogP contribution in [0.25, 0.3) is 33.5 Å². The Kier molecular flexibility index (Phi) is 4.87. The molecule has 0 saturated carbocycles. The quantitative estimate of drug-likeness (QED) is 0.443. The summed E-state index contributed by atoms with van der Waals surface area (Å²) in [6.07, 6.45) is 8.34. The molecule has 0 atom stereocenters. The molecule has 0 spiro atoms. The first-order valence-electron chi connectivity index (χ1n) is 9.76. The smallest absolute Gasteiger partial charge is 0.261 e. The van der Waals surface area contributed by atoms with E-state index >= 15 is 0 Å². The molecule has 0 aliphatic carbocycles. The van der Waals surface area contributed by atoms with Gasteiger partial charge in [0.25, 0.3) is 10.0 Å². The molecule has 0 amide bonds. The van der Waals surface area contributed by atoms with Crippen molar-refractivity contribution in [2.24, 2.45) is 7.05 Å². The van der Waals surface area contributed by atoms with Gasteiger partial charge < -0.3 is 4.57 Å². The summed E-state index contributed by atoms with van der Waals surface area (Å²) >= 11 is 0. The monoisotopic (exact) mass is 442 g/mol. The summed E-state index contributed by atoms with van der Waals surface area (Å²) in [6, 6.07) is 15.7. The molecule has 32 heavy (non-hydrogen) atoms. The molecule has 3 aromatic heterocycles. The van der Waals surface area contributed by atoms with Crippen molar-refractivity contribution in [3.05, 3.63) is 85.7 Å². The van der Waals surface area contributed by atoms with Crippen LogP contribution in [0.1, 0.15) is 0 Å². The van der Waals surface area contributed by atoms with Gasteiger partial charge in [0, 0.05) is 18.8 Å². The van der Waals surface area contributed by atoms with Gasteiger partial charge in [0.05, 0.1) is 52.2 Å². The maximum atomic E-state index is 12.6. The second kappa shape index (κ2) is 7.86. The summed E-state index contributed by atoms with van der Waals surface area (Å²) in [5, 5.41) is 0. The molecule has 0 aliphatic heterocycles. The van der Waals surface area contributed by atoms with Crippen LogP contribution in [0.3, 0.4) is 0 Å². The van der Waals surface area contributed by atoms with Gasteiger partial charge in [-0.1, -0.05) is 24.3 Å². The highest BCUT2D eigenvalue weighted by Gasteiger charge is 2.14. The molecule has 9 heteroatoms. The number of sulfonamides is 1. The first-order valence-corrected chi connectivity index (χ1v) is 11.2. The third-order valence-corrected chi connectivity index (χ3v) is 6.40. The molecule has 5 rings (SSSR count). The molecule has 0 fully saturated rings. The molecule has 0 unspecified atom stereocenters. The lowest BCUT2D eigenvalue weighted by atomic mass is 10.1. The highest BCUT2D eigenvalue weighted by molar-refractivity contribution is 7.92. The standard InChI is InChI=1S/C23H18N6O2S/c1-29-15-25-14-23(29)22-13-26-20-8-7-16(10-21(20)27-22)17-9-18(12-24-11-17)28-32(30,31)19-5-3-2-4-6-19/h2-15,28H,1H3. The number of benzene rings is 2. The zero-order valence-electron chi connectivity index (χ0n) is 17.0. The van der Waals surface area contributed by atoms with Gasteiger partial charge in [0.1, 0.15) is 5.69 Å². The van der Waals surface area contributed by atoms with Crippen LogP contribution in [0.15, 0.2) is 90.6 Å². The Morgan fingerprint density at radius 3 is 2.47 bits per heavy atom. The van der Waals surface area contributed by atoms with Crippen LogP contribution in [0.5, 0.6) is 0 Å². The van der Waals surface area contributed by atoms with E-state index in [4.69, 9.17) is 4.98 Å². The van der Waals surface area contributed by atoms with Crippen LogP contribution >= 0.6 is 0 Å². The van der Waals surface area contributed by atoms with E-state index in [-0.39, 0.29) is 4.90 Å². The van der Waals surface area contributed by atoms with Crippen LogP contribution in [-0.2, 0) is 17.1 Å². The van der Waals surface area contributed by atoms with Crippen molar-refractivity contribution < 1.29 is 8.42 Å². The minimum atomic E-state index is -3.70. The molecule has 0 saturated heterocycles.